The minimum atomic E-state index is -4.53. The van der Waals surface area contributed by atoms with Crippen molar-refractivity contribution in [3.8, 4) is 0 Å². The lowest BCUT2D eigenvalue weighted by atomic mass is 9.87. The Hall–Kier alpha value is -1.74. The predicted octanol–water partition coefficient (Wildman–Crippen LogP) is 1.67. The molecule has 0 atom stereocenters. The summed E-state index contributed by atoms with van der Waals surface area (Å²) in [6.07, 6.45) is -1.46. The number of nitrogens with zero attached hydrogens (tertiary/aromatic N) is 3. The van der Waals surface area contributed by atoms with Crippen molar-refractivity contribution >= 4 is 5.91 Å². The number of aromatic nitrogens is 2. The van der Waals surface area contributed by atoms with E-state index in [-0.39, 0.29) is 5.91 Å². The van der Waals surface area contributed by atoms with Gasteiger partial charge in [-0.05, 0) is 19.8 Å². The summed E-state index contributed by atoms with van der Waals surface area (Å²) >= 11 is 0. The molecule has 2 saturated heterocycles. The highest BCUT2D eigenvalue weighted by Gasteiger charge is 2.39. The molecule has 3 rings (SSSR count). The topological polar surface area (TPSA) is 67.4 Å². The van der Waals surface area contributed by atoms with E-state index < -0.39 is 17.6 Å². The monoisotopic (exact) mass is 358 g/mol. The van der Waals surface area contributed by atoms with Crippen LogP contribution in [0.1, 0.15) is 36.3 Å². The number of rotatable bonds is 2. The number of hydrogen-bond acceptors (Lipinski definition) is 5. The van der Waals surface area contributed by atoms with Crippen LogP contribution in [-0.4, -0.2) is 52.6 Å². The molecule has 9 heteroatoms. The predicted molar refractivity (Wildman–Crippen MR) is 82.6 cm³/mol. The number of amides is 1. The van der Waals surface area contributed by atoms with Crippen LogP contribution in [0.25, 0.3) is 0 Å². The van der Waals surface area contributed by atoms with Crippen molar-refractivity contribution in [2.75, 3.05) is 26.2 Å². The van der Waals surface area contributed by atoms with E-state index in [0.717, 1.165) is 12.8 Å². The van der Waals surface area contributed by atoms with E-state index >= 15 is 0 Å². The zero-order valence-corrected chi connectivity index (χ0v) is 14.0. The molecular formula is C16H21F3N4O2. The standard InChI is InChI=1S/C16H21F3N4O2/c1-11-12(9-21-14(22-11)16(17,18)19)10-23-5-2-15(3-6-23)8-13(24)20-4-7-25-15/h9H,2-8,10H2,1H3,(H,20,24). The van der Waals surface area contributed by atoms with Gasteiger partial charge in [-0.1, -0.05) is 0 Å². The van der Waals surface area contributed by atoms with Gasteiger partial charge in [0.25, 0.3) is 0 Å². The molecule has 138 valence electrons. The van der Waals surface area contributed by atoms with Crippen LogP contribution in [0.4, 0.5) is 13.2 Å². The number of halogens is 3. The van der Waals surface area contributed by atoms with Crippen molar-refractivity contribution < 1.29 is 22.7 Å². The van der Waals surface area contributed by atoms with Crippen molar-refractivity contribution in [2.45, 2.75) is 44.5 Å². The van der Waals surface area contributed by atoms with Gasteiger partial charge in [-0.2, -0.15) is 13.2 Å². The average molecular weight is 358 g/mol. The lowest BCUT2D eigenvalue weighted by molar-refractivity contribution is -0.145. The Morgan fingerprint density at radius 1 is 1.36 bits per heavy atom. The summed E-state index contributed by atoms with van der Waals surface area (Å²) in [6, 6.07) is 0. The van der Waals surface area contributed by atoms with Gasteiger partial charge >= 0.3 is 6.18 Å². The van der Waals surface area contributed by atoms with Crippen LogP contribution < -0.4 is 5.32 Å². The maximum Gasteiger partial charge on any atom is 0.451 e. The maximum atomic E-state index is 12.6. The quantitative estimate of drug-likeness (QED) is 0.871. The first-order chi connectivity index (χ1) is 11.8. The summed E-state index contributed by atoms with van der Waals surface area (Å²) in [4.78, 5) is 20.9. The van der Waals surface area contributed by atoms with Gasteiger partial charge < -0.3 is 10.1 Å². The van der Waals surface area contributed by atoms with Crippen molar-refractivity contribution in [1.29, 1.82) is 0 Å². The number of ether oxygens (including phenoxy) is 1. The second-order valence-corrected chi connectivity index (χ2v) is 6.64. The Morgan fingerprint density at radius 2 is 2.08 bits per heavy atom. The Bertz CT molecular complexity index is 643. The summed E-state index contributed by atoms with van der Waals surface area (Å²) in [6.45, 7) is 4.54. The molecule has 2 aliphatic heterocycles. The number of alkyl halides is 3. The molecule has 2 aliphatic rings. The van der Waals surface area contributed by atoms with E-state index in [9.17, 15) is 18.0 Å². The Kier molecular flexibility index (Phi) is 4.97. The largest absolute Gasteiger partial charge is 0.451 e. The molecule has 25 heavy (non-hydrogen) atoms. The summed E-state index contributed by atoms with van der Waals surface area (Å²) in [5, 5.41) is 2.81. The summed E-state index contributed by atoms with van der Waals surface area (Å²) in [5.41, 5.74) is 0.610. The zero-order chi connectivity index (χ0) is 18.1. The van der Waals surface area contributed by atoms with E-state index in [1.807, 2.05) is 0 Å². The summed E-state index contributed by atoms with van der Waals surface area (Å²) < 4.78 is 43.8. The molecular weight excluding hydrogens is 337 g/mol. The molecule has 1 aromatic heterocycles. The fourth-order valence-corrected chi connectivity index (χ4v) is 3.33. The second-order valence-electron chi connectivity index (χ2n) is 6.64. The molecule has 0 aliphatic carbocycles. The van der Waals surface area contributed by atoms with E-state index in [1.54, 1.807) is 6.92 Å². The van der Waals surface area contributed by atoms with Gasteiger partial charge in [0.2, 0.25) is 11.7 Å². The molecule has 0 bridgehead atoms. The molecule has 1 amide bonds. The van der Waals surface area contributed by atoms with Gasteiger partial charge in [0, 0.05) is 43.6 Å². The molecule has 0 saturated carbocycles. The minimum absolute atomic E-state index is 0.0120. The second kappa shape index (κ2) is 6.87. The van der Waals surface area contributed by atoms with Crippen LogP contribution in [0.5, 0.6) is 0 Å². The summed E-state index contributed by atoms with van der Waals surface area (Å²) in [5.74, 6) is -1.10. The van der Waals surface area contributed by atoms with Crippen molar-refractivity contribution in [3.63, 3.8) is 0 Å². The Labute approximate surface area is 143 Å². The normalized spacial score (nSPS) is 21.8. The molecule has 1 N–H and O–H groups in total. The fraction of sp³-hybridized carbons (Fsp3) is 0.688. The first kappa shape index (κ1) is 18.1. The highest BCUT2D eigenvalue weighted by atomic mass is 19.4. The SMILES string of the molecule is Cc1nc(C(F)(F)F)ncc1CN1CCC2(CC1)CC(=O)NCCO2. The molecule has 0 unspecified atom stereocenters. The van der Waals surface area contributed by atoms with Crippen LogP contribution in [0.2, 0.25) is 0 Å². The third-order valence-corrected chi connectivity index (χ3v) is 4.81. The van der Waals surface area contributed by atoms with Crippen molar-refractivity contribution in [2.24, 2.45) is 0 Å². The Balaban J connectivity index is 1.61. The van der Waals surface area contributed by atoms with Crippen LogP contribution in [0, 0.1) is 6.92 Å². The average Bonchev–Trinajstić information content (AvgIpc) is 2.72. The molecule has 2 fully saturated rings. The number of hydrogen-bond donors (Lipinski definition) is 1. The van der Waals surface area contributed by atoms with E-state index in [1.165, 1.54) is 6.20 Å². The third kappa shape index (κ3) is 4.27. The smallest absolute Gasteiger partial charge is 0.373 e. The lowest BCUT2D eigenvalue weighted by Gasteiger charge is -2.40. The first-order valence-electron chi connectivity index (χ1n) is 8.30. The van der Waals surface area contributed by atoms with E-state index in [0.29, 0.717) is 50.5 Å². The molecule has 0 radical (unpaired) electrons. The van der Waals surface area contributed by atoms with E-state index in [2.05, 4.69) is 20.2 Å². The number of carbonyl (C=O) groups excluding carboxylic acids is 1. The number of aryl methyl sites for hydroxylation is 1. The van der Waals surface area contributed by atoms with Gasteiger partial charge in [0.15, 0.2) is 0 Å². The fourth-order valence-electron chi connectivity index (χ4n) is 3.33. The van der Waals surface area contributed by atoms with Gasteiger partial charge in [0.1, 0.15) is 0 Å². The number of carbonyl (C=O) groups is 1. The highest BCUT2D eigenvalue weighted by Crippen LogP contribution is 2.32. The molecule has 1 aromatic rings. The third-order valence-electron chi connectivity index (χ3n) is 4.81. The number of likely N-dealkylation sites (tertiary alicyclic amines) is 1. The van der Waals surface area contributed by atoms with Crippen LogP contribution in [-0.2, 0) is 22.3 Å². The first-order valence-corrected chi connectivity index (χ1v) is 8.30. The Morgan fingerprint density at radius 3 is 2.72 bits per heavy atom. The minimum Gasteiger partial charge on any atom is -0.373 e. The molecule has 1 spiro atoms. The number of piperidine rings is 1. The van der Waals surface area contributed by atoms with Crippen LogP contribution in [0.15, 0.2) is 6.20 Å². The molecule has 0 aromatic carbocycles. The maximum absolute atomic E-state index is 12.6. The van der Waals surface area contributed by atoms with Gasteiger partial charge in [-0.25, -0.2) is 9.97 Å². The van der Waals surface area contributed by atoms with Crippen LogP contribution >= 0.6 is 0 Å². The highest BCUT2D eigenvalue weighted by molar-refractivity contribution is 5.77. The van der Waals surface area contributed by atoms with Crippen molar-refractivity contribution in [1.82, 2.24) is 20.2 Å². The van der Waals surface area contributed by atoms with Gasteiger partial charge in [-0.3, -0.25) is 9.69 Å². The summed E-state index contributed by atoms with van der Waals surface area (Å²) in [7, 11) is 0. The van der Waals surface area contributed by atoms with Crippen molar-refractivity contribution in [3.05, 3.63) is 23.3 Å². The number of nitrogens with one attached hydrogen (secondary N) is 1. The molecule has 3 heterocycles. The van der Waals surface area contributed by atoms with E-state index in [4.69, 9.17) is 4.74 Å². The molecule has 6 nitrogen and oxygen atoms in total. The van der Waals surface area contributed by atoms with Gasteiger partial charge in [0.05, 0.1) is 18.6 Å². The zero-order valence-electron chi connectivity index (χ0n) is 14.0. The van der Waals surface area contributed by atoms with Gasteiger partial charge in [-0.15, -0.1) is 0 Å². The lowest BCUT2D eigenvalue weighted by Crippen LogP contribution is -2.46. The van der Waals surface area contributed by atoms with Crippen LogP contribution in [0.3, 0.4) is 0 Å².